The standard InChI is InChI=1S/C16H22FN3/c1-11-14(12-4-3-5-13(17)15(12)19-11)16(10-18)6-8-20(2)9-7-16/h3-5,19H,6-10,18H2,1-2H3. The first kappa shape index (κ1) is 13.6. The lowest BCUT2D eigenvalue weighted by Crippen LogP contribution is -2.45. The van der Waals surface area contributed by atoms with Gasteiger partial charge in [-0.2, -0.15) is 0 Å². The Balaban J connectivity index is 2.17. The van der Waals surface area contributed by atoms with Crippen LogP contribution in [0.4, 0.5) is 4.39 Å². The number of aryl methyl sites for hydroxylation is 1. The van der Waals surface area contributed by atoms with E-state index in [2.05, 4.69) is 16.9 Å². The zero-order valence-corrected chi connectivity index (χ0v) is 12.2. The predicted octanol–water partition coefficient (Wildman–Crippen LogP) is 2.54. The summed E-state index contributed by atoms with van der Waals surface area (Å²) in [4.78, 5) is 5.55. The minimum Gasteiger partial charge on any atom is -0.356 e. The van der Waals surface area contributed by atoms with Crippen molar-refractivity contribution in [1.82, 2.24) is 9.88 Å². The topological polar surface area (TPSA) is 45.1 Å². The van der Waals surface area contributed by atoms with Crippen LogP contribution in [-0.4, -0.2) is 36.6 Å². The Kier molecular flexibility index (Phi) is 3.30. The highest BCUT2D eigenvalue weighted by Crippen LogP contribution is 2.40. The van der Waals surface area contributed by atoms with Crippen LogP contribution in [-0.2, 0) is 5.41 Å². The van der Waals surface area contributed by atoms with Crippen LogP contribution in [0.2, 0.25) is 0 Å². The van der Waals surface area contributed by atoms with Crippen LogP contribution in [0.5, 0.6) is 0 Å². The molecule has 20 heavy (non-hydrogen) atoms. The van der Waals surface area contributed by atoms with Crippen molar-refractivity contribution < 1.29 is 4.39 Å². The summed E-state index contributed by atoms with van der Waals surface area (Å²) < 4.78 is 14.0. The van der Waals surface area contributed by atoms with Crippen molar-refractivity contribution in [3.63, 3.8) is 0 Å². The molecule has 3 rings (SSSR count). The summed E-state index contributed by atoms with van der Waals surface area (Å²) >= 11 is 0. The highest BCUT2D eigenvalue weighted by atomic mass is 19.1. The zero-order chi connectivity index (χ0) is 14.3. The Bertz CT molecular complexity index is 624. The lowest BCUT2D eigenvalue weighted by Gasteiger charge is -2.40. The van der Waals surface area contributed by atoms with Gasteiger partial charge in [-0.25, -0.2) is 4.39 Å². The van der Waals surface area contributed by atoms with Crippen LogP contribution in [0.1, 0.15) is 24.1 Å². The van der Waals surface area contributed by atoms with Crippen molar-refractivity contribution in [3.8, 4) is 0 Å². The van der Waals surface area contributed by atoms with Gasteiger partial charge in [-0.05, 0) is 51.5 Å². The van der Waals surface area contributed by atoms with Gasteiger partial charge in [-0.1, -0.05) is 12.1 Å². The molecule has 1 aliphatic heterocycles. The third kappa shape index (κ3) is 1.95. The molecule has 0 atom stereocenters. The quantitative estimate of drug-likeness (QED) is 0.884. The van der Waals surface area contributed by atoms with Crippen LogP contribution in [0, 0.1) is 12.7 Å². The maximum Gasteiger partial charge on any atom is 0.147 e. The molecule has 0 aliphatic carbocycles. The molecule has 2 heterocycles. The number of nitrogens with two attached hydrogens (primary N) is 1. The first-order valence-corrected chi connectivity index (χ1v) is 7.23. The van der Waals surface area contributed by atoms with Gasteiger partial charge >= 0.3 is 0 Å². The van der Waals surface area contributed by atoms with Crippen LogP contribution in [0.25, 0.3) is 10.9 Å². The fraction of sp³-hybridized carbons (Fsp3) is 0.500. The normalized spacial score (nSPS) is 19.6. The molecule has 1 saturated heterocycles. The van der Waals surface area contributed by atoms with Crippen molar-refractivity contribution in [2.24, 2.45) is 5.73 Å². The molecule has 0 amide bonds. The van der Waals surface area contributed by atoms with E-state index in [1.807, 2.05) is 13.0 Å². The second-order valence-electron chi connectivity index (χ2n) is 6.08. The molecule has 0 radical (unpaired) electrons. The highest BCUT2D eigenvalue weighted by Gasteiger charge is 2.37. The number of aromatic amines is 1. The minimum atomic E-state index is -0.183. The van der Waals surface area contributed by atoms with Crippen molar-refractivity contribution in [2.45, 2.75) is 25.2 Å². The van der Waals surface area contributed by atoms with Gasteiger partial charge in [0.1, 0.15) is 5.82 Å². The Morgan fingerprint density at radius 1 is 1.35 bits per heavy atom. The fourth-order valence-corrected chi connectivity index (χ4v) is 3.60. The molecular weight excluding hydrogens is 253 g/mol. The summed E-state index contributed by atoms with van der Waals surface area (Å²) in [6, 6.07) is 5.30. The first-order chi connectivity index (χ1) is 9.57. The maximum atomic E-state index is 14.0. The molecule has 1 aromatic heterocycles. The molecule has 1 aromatic carbocycles. The summed E-state index contributed by atoms with van der Waals surface area (Å²) in [7, 11) is 2.14. The van der Waals surface area contributed by atoms with E-state index in [9.17, 15) is 4.39 Å². The number of aromatic nitrogens is 1. The first-order valence-electron chi connectivity index (χ1n) is 7.23. The third-order valence-corrected chi connectivity index (χ3v) is 4.84. The number of nitrogens with zero attached hydrogens (tertiary/aromatic N) is 1. The molecule has 0 saturated carbocycles. The highest BCUT2D eigenvalue weighted by molar-refractivity contribution is 5.86. The molecule has 0 unspecified atom stereocenters. The summed E-state index contributed by atoms with van der Waals surface area (Å²) in [5.74, 6) is -0.183. The lowest BCUT2D eigenvalue weighted by molar-refractivity contribution is 0.192. The van der Waals surface area contributed by atoms with E-state index in [0.717, 1.165) is 37.0 Å². The summed E-state index contributed by atoms with van der Waals surface area (Å²) in [6.07, 6.45) is 2.06. The van der Waals surface area contributed by atoms with Crippen LogP contribution in [0.15, 0.2) is 18.2 Å². The number of benzene rings is 1. The van der Waals surface area contributed by atoms with E-state index >= 15 is 0 Å². The van der Waals surface area contributed by atoms with Crippen molar-refractivity contribution in [3.05, 3.63) is 35.3 Å². The molecule has 1 fully saturated rings. The number of hydrogen-bond donors (Lipinski definition) is 2. The SMILES string of the molecule is Cc1[nH]c2c(F)cccc2c1C1(CN)CCN(C)CC1. The summed E-state index contributed by atoms with van der Waals surface area (Å²) in [5, 5.41) is 0.998. The van der Waals surface area contributed by atoms with E-state index in [-0.39, 0.29) is 11.2 Å². The molecule has 4 heteroatoms. The van der Waals surface area contributed by atoms with E-state index < -0.39 is 0 Å². The number of likely N-dealkylation sites (tertiary alicyclic amines) is 1. The number of halogens is 1. The Labute approximate surface area is 119 Å². The number of rotatable bonds is 2. The Hall–Kier alpha value is -1.39. The van der Waals surface area contributed by atoms with E-state index in [1.165, 1.54) is 11.6 Å². The Morgan fingerprint density at radius 3 is 2.70 bits per heavy atom. The van der Waals surface area contributed by atoms with Gasteiger partial charge in [0.25, 0.3) is 0 Å². The average Bonchev–Trinajstić information content (AvgIpc) is 2.79. The molecule has 108 valence electrons. The van der Waals surface area contributed by atoms with Crippen LogP contribution in [0.3, 0.4) is 0 Å². The van der Waals surface area contributed by atoms with Gasteiger partial charge in [0, 0.05) is 23.0 Å². The number of hydrogen-bond acceptors (Lipinski definition) is 2. The van der Waals surface area contributed by atoms with E-state index in [1.54, 1.807) is 6.07 Å². The molecule has 3 nitrogen and oxygen atoms in total. The van der Waals surface area contributed by atoms with Gasteiger partial charge in [0.2, 0.25) is 0 Å². The fourth-order valence-electron chi connectivity index (χ4n) is 3.60. The molecule has 0 bridgehead atoms. The van der Waals surface area contributed by atoms with Gasteiger partial charge in [0.15, 0.2) is 0 Å². The second kappa shape index (κ2) is 4.86. The summed E-state index contributed by atoms with van der Waals surface area (Å²) in [6.45, 7) is 4.73. The summed E-state index contributed by atoms with van der Waals surface area (Å²) in [5.41, 5.74) is 9.02. The number of para-hydroxylation sites is 1. The smallest absolute Gasteiger partial charge is 0.147 e. The predicted molar refractivity (Wildman–Crippen MR) is 80.5 cm³/mol. The van der Waals surface area contributed by atoms with Gasteiger partial charge in [-0.15, -0.1) is 0 Å². The molecule has 3 N–H and O–H groups in total. The second-order valence-corrected chi connectivity index (χ2v) is 6.08. The van der Waals surface area contributed by atoms with E-state index in [4.69, 9.17) is 5.73 Å². The molecule has 2 aromatic rings. The van der Waals surface area contributed by atoms with Gasteiger partial charge < -0.3 is 15.6 Å². The van der Waals surface area contributed by atoms with Gasteiger partial charge in [-0.3, -0.25) is 0 Å². The van der Waals surface area contributed by atoms with E-state index in [0.29, 0.717) is 12.1 Å². The molecule has 1 aliphatic rings. The minimum absolute atomic E-state index is 0.0252. The molecule has 0 spiro atoms. The van der Waals surface area contributed by atoms with Crippen molar-refractivity contribution >= 4 is 10.9 Å². The average molecular weight is 275 g/mol. The van der Waals surface area contributed by atoms with Crippen molar-refractivity contribution in [2.75, 3.05) is 26.7 Å². The number of fused-ring (bicyclic) bond motifs is 1. The maximum absolute atomic E-state index is 14.0. The van der Waals surface area contributed by atoms with Gasteiger partial charge in [0.05, 0.1) is 5.52 Å². The van der Waals surface area contributed by atoms with Crippen LogP contribution >= 0.6 is 0 Å². The number of nitrogens with one attached hydrogen (secondary N) is 1. The molecular formula is C16H22FN3. The largest absolute Gasteiger partial charge is 0.356 e. The number of piperidine rings is 1. The zero-order valence-electron chi connectivity index (χ0n) is 12.2. The van der Waals surface area contributed by atoms with Crippen molar-refractivity contribution in [1.29, 1.82) is 0 Å². The Morgan fingerprint density at radius 2 is 2.05 bits per heavy atom. The van der Waals surface area contributed by atoms with Crippen LogP contribution < -0.4 is 5.73 Å². The lowest BCUT2D eigenvalue weighted by atomic mass is 9.71. The third-order valence-electron chi connectivity index (χ3n) is 4.84. The number of H-pyrrole nitrogens is 1. The monoisotopic (exact) mass is 275 g/mol.